The van der Waals surface area contributed by atoms with Gasteiger partial charge in [0.1, 0.15) is 6.10 Å². The molecule has 0 spiro atoms. The Morgan fingerprint density at radius 2 is 2.10 bits per heavy atom. The normalized spacial score (nSPS) is 22.9. The number of amides is 1. The van der Waals surface area contributed by atoms with Crippen molar-refractivity contribution in [2.24, 2.45) is 5.73 Å². The van der Waals surface area contributed by atoms with Gasteiger partial charge in [-0.25, -0.2) is 0 Å². The summed E-state index contributed by atoms with van der Waals surface area (Å²) >= 11 is 0. The van der Waals surface area contributed by atoms with Gasteiger partial charge in [0.05, 0.1) is 6.10 Å². The standard InChI is InChI=1S/C15H22N2O2.ClH/c1-11(12-5-3-2-4-6-12)10-17-15(18)14-8-7-13(9-16)19-14;/h2-6,11,13-14H,7-10,16H2,1H3,(H,17,18);1H/t11?,13-,14+;/m1./s1. The minimum absolute atomic E-state index is 0. The fraction of sp³-hybridized carbons (Fsp3) is 0.533. The van der Waals surface area contributed by atoms with Crippen LogP contribution in [0.2, 0.25) is 0 Å². The molecule has 1 aromatic rings. The molecule has 0 aromatic heterocycles. The lowest BCUT2D eigenvalue weighted by molar-refractivity contribution is -0.131. The Balaban J connectivity index is 0.00000200. The van der Waals surface area contributed by atoms with Crippen molar-refractivity contribution in [2.45, 2.75) is 37.9 Å². The average molecular weight is 299 g/mol. The van der Waals surface area contributed by atoms with Crippen LogP contribution in [0.5, 0.6) is 0 Å². The molecule has 0 bridgehead atoms. The minimum Gasteiger partial charge on any atom is -0.364 e. The average Bonchev–Trinajstić information content (AvgIpc) is 2.94. The van der Waals surface area contributed by atoms with Crippen LogP contribution in [0.1, 0.15) is 31.2 Å². The van der Waals surface area contributed by atoms with Gasteiger partial charge in [0.2, 0.25) is 5.91 Å². The second kappa shape index (κ2) is 8.25. The molecule has 1 aliphatic heterocycles. The largest absolute Gasteiger partial charge is 0.364 e. The van der Waals surface area contributed by atoms with Crippen molar-refractivity contribution >= 4 is 18.3 Å². The predicted octanol–water partition coefficient (Wildman–Crippen LogP) is 1.83. The van der Waals surface area contributed by atoms with Gasteiger partial charge in [-0.15, -0.1) is 12.4 Å². The molecule has 3 atom stereocenters. The highest BCUT2D eigenvalue weighted by atomic mass is 35.5. The lowest BCUT2D eigenvalue weighted by atomic mass is 10.0. The summed E-state index contributed by atoms with van der Waals surface area (Å²) in [7, 11) is 0. The second-order valence-electron chi connectivity index (χ2n) is 5.12. The van der Waals surface area contributed by atoms with Crippen LogP contribution in [0.3, 0.4) is 0 Å². The molecular formula is C15H23ClN2O2. The lowest BCUT2D eigenvalue weighted by Crippen LogP contribution is -2.37. The van der Waals surface area contributed by atoms with E-state index in [1.165, 1.54) is 5.56 Å². The van der Waals surface area contributed by atoms with Crippen molar-refractivity contribution in [3.05, 3.63) is 35.9 Å². The number of hydrogen-bond acceptors (Lipinski definition) is 3. The molecule has 1 heterocycles. The minimum atomic E-state index is -0.323. The van der Waals surface area contributed by atoms with E-state index in [9.17, 15) is 4.79 Å². The van der Waals surface area contributed by atoms with Crippen LogP contribution in [-0.4, -0.2) is 31.2 Å². The van der Waals surface area contributed by atoms with Crippen molar-refractivity contribution < 1.29 is 9.53 Å². The number of nitrogens with two attached hydrogens (primary N) is 1. The summed E-state index contributed by atoms with van der Waals surface area (Å²) < 4.78 is 5.57. The number of carbonyl (C=O) groups is 1. The molecule has 20 heavy (non-hydrogen) atoms. The van der Waals surface area contributed by atoms with Gasteiger partial charge in [0.25, 0.3) is 0 Å². The Labute approximate surface area is 126 Å². The maximum Gasteiger partial charge on any atom is 0.249 e. The summed E-state index contributed by atoms with van der Waals surface area (Å²) in [4.78, 5) is 12.0. The summed E-state index contributed by atoms with van der Waals surface area (Å²) in [6, 6.07) is 10.2. The molecule has 0 saturated carbocycles. The number of carbonyl (C=O) groups excluding carboxylic acids is 1. The summed E-state index contributed by atoms with van der Waals surface area (Å²) in [5.41, 5.74) is 6.77. The van der Waals surface area contributed by atoms with E-state index in [0.717, 1.165) is 12.8 Å². The van der Waals surface area contributed by atoms with Gasteiger partial charge < -0.3 is 15.8 Å². The van der Waals surface area contributed by atoms with E-state index >= 15 is 0 Å². The third kappa shape index (κ3) is 4.47. The molecular weight excluding hydrogens is 276 g/mol. The monoisotopic (exact) mass is 298 g/mol. The summed E-state index contributed by atoms with van der Waals surface area (Å²) in [6.45, 7) is 3.23. The highest BCUT2D eigenvalue weighted by Crippen LogP contribution is 2.19. The molecule has 0 radical (unpaired) electrons. The molecule has 4 nitrogen and oxygen atoms in total. The van der Waals surface area contributed by atoms with E-state index in [4.69, 9.17) is 10.5 Å². The topological polar surface area (TPSA) is 64.4 Å². The maximum atomic E-state index is 12.0. The van der Waals surface area contributed by atoms with Crippen molar-refractivity contribution in [3.63, 3.8) is 0 Å². The first-order valence-corrected chi connectivity index (χ1v) is 6.89. The van der Waals surface area contributed by atoms with E-state index in [0.29, 0.717) is 19.0 Å². The van der Waals surface area contributed by atoms with Gasteiger partial charge in [0.15, 0.2) is 0 Å². The van der Waals surface area contributed by atoms with Gasteiger partial charge in [-0.2, -0.15) is 0 Å². The highest BCUT2D eigenvalue weighted by molar-refractivity contribution is 5.85. The van der Waals surface area contributed by atoms with Gasteiger partial charge in [-0.1, -0.05) is 37.3 Å². The molecule has 1 aliphatic rings. The molecule has 3 N–H and O–H groups in total. The first kappa shape index (κ1) is 17.0. The third-order valence-corrected chi connectivity index (χ3v) is 3.61. The SMILES string of the molecule is CC(CNC(=O)[C@@H]1CC[C@H](CN)O1)c1ccccc1.Cl. The first-order valence-electron chi connectivity index (χ1n) is 6.89. The fourth-order valence-electron chi connectivity index (χ4n) is 2.34. The highest BCUT2D eigenvalue weighted by Gasteiger charge is 2.29. The Morgan fingerprint density at radius 3 is 2.70 bits per heavy atom. The van der Waals surface area contributed by atoms with Crippen LogP contribution in [0.4, 0.5) is 0 Å². The van der Waals surface area contributed by atoms with Gasteiger partial charge >= 0.3 is 0 Å². The molecule has 1 saturated heterocycles. The number of rotatable bonds is 5. The van der Waals surface area contributed by atoms with Crippen molar-refractivity contribution in [1.82, 2.24) is 5.32 Å². The number of benzene rings is 1. The summed E-state index contributed by atoms with van der Waals surface area (Å²) in [5, 5.41) is 2.96. The second-order valence-corrected chi connectivity index (χ2v) is 5.12. The van der Waals surface area contributed by atoms with Crippen molar-refractivity contribution in [3.8, 4) is 0 Å². The Bertz CT molecular complexity index is 414. The zero-order valence-corrected chi connectivity index (χ0v) is 12.6. The Kier molecular flexibility index (Phi) is 6.99. The Morgan fingerprint density at radius 1 is 1.40 bits per heavy atom. The zero-order valence-electron chi connectivity index (χ0n) is 11.7. The van der Waals surface area contributed by atoms with Gasteiger partial charge in [0, 0.05) is 13.1 Å². The van der Waals surface area contributed by atoms with E-state index in [-0.39, 0.29) is 30.5 Å². The molecule has 1 unspecified atom stereocenters. The summed E-state index contributed by atoms with van der Waals surface area (Å²) in [5.74, 6) is 0.288. The predicted molar refractivity (Wildman–Crippen MR) is 82.1 cm³/mol. The van der Waals surface area contributed by atoms with Crippen LogP contribution in [-0.2, 0) is 9.53 Å². The van der Waals surface area contributed by atoms with Crippen LogP contribution in [0, 0.1) is 0 Å². The first-order chi connectivity index (χ1) is 9.20. The fourth-order valence-corrected chi connectivity index (χ4v) is 2.34. The number of hydrogen-bond donors (Lipinski definition) is 2. The van der Waals surface area contributed by atoms with E-state index in [1.54, 1.807) is 0 Å². The molecule has 2 rings (SSSR count). The van der Waals surface area contributed by atoms with Crippen molar-refractivity contribution in [1.29, 1.82) is 0 Å². The van der Waals surface area contributed by atoms with Crippen LogP contribution < -0.4 is 11.1 Å². The van der Waals surface area contributed by atoms with Crippen molar-refractivity contribution in [2.75, 3.05) is 13.1 Å². The zero-order chi connectivity index (χ0) is 13.7. The number of nitrogens with one attached hydrogen (secondary N) is 1. The van der Waals surface area contributed by atoms with Gasteiger partial charge in [-0.05, 0) is 24.3 Å². The van der Waals surface area contributed by atoms with Gasteiger partial charge in [-0.3, -0.25) is 4.79 Å². The number of halogens is 1. The Hall–Kier alpha value is -1.10. The van der Waals surface area contributed by atoms with Crippen LogP contribution in [0.15, 0.2) is 30.3 Å². The van der Waals surface area contributed by atoms with E-state index in [2.05, 4.69) is 24.4 Å². The maximum absolute atomic E-state index is 12.0. The molecule has 1 fully saturated rings. The third-order valence-electron chi connectivity index (χ3n) is 3.61. The molecule has 0 aliphatic carbocycles. The van der Waals surface area contributed by atoms with Crippen LogP contribution >= 0.6 is 12.4 Å². The molecule has 112 valence electrons. The molecule has 1 aromatic carbocycles. The molecule has 5 heteroatoms. The molecule has 1 amide bonds. The smallest absolute Gasteiger partial charge is 0.249 e. The lowest BCUT2D eigenvalue weighted by Gasteiger charge is -2.16. The van der Waals surface area contributed by atoms with E-state index < -0.39 is 0 Å². The summed E-state index contributed by atoms with van der Waals surface area (Å²) in [6.07, 6.45) is 1.37. The number of ether oxygens (including phenoxy) is 1. The quantitative estimate of drug-likeness (QED) is 0.872. The van der Waals surface area contributed by atoms with E-state index in [1.807, 2.05) is 18.2 Å². The van der Waals surface area contributed by atoms with Crippen LogP contribution in [0.25, 0.3) is 0 Å².